The largest absolute Gasteiger partial charge is 0.366 e. The van der Waals surface area contributed by atoms with Crippen molar-refractivity contribution < 1.29 is 8.78 Å². The standard InChI is InChI=1S/C19H20F2N6/c1-13-9-14(2)27(24-13)19-12-22-11-18(23-19)26-7-5-25(6-8-26)17-10-15(20)3-4-16(17)21/h3-4,9-12H,5-8H2,1-2H3. The fraction of sp³-hybridized carbons (Fsp3) is 0.316. The Morgan fingerprint density at radius 3 is 2.30 bits per heavy atom. The molecule has 0 amide bonds. The summed E-state index contributed by atoms with van der Waals surface area (Å²) in [7, 11) is 0. The zero-order valence-corrected chi connectivity index (χ0v) is 15.2. The summed E-state index contributed by atoms with van der Waals surface area (Å²) in [6.45, 7) is 6.35. The average Bonchev–Trinajstić information content (AvgIpc) is 3.02. The highest BCUT2D eigenvalue weighted by atomic mass is 19.1. The molecule has 1 fully saturated rings. The van der Waals surface area contributed by atoms with Gasteiger partial charge in [-0.2, -0.15) is 5.10 Å². The molecule has 0 atom stereocenters. The van der Waals surface area contributed by atoms with Gasteiger partial charge in [0.05, 0.1) is 23.8 Å². The van der Waals surface area contributed by atoms with E-state index in [1.807, 2.05) is 24.8 Å². The van der Waals surface area contributed by atoms with Crippen molar-refractivity contribution in [1.29, 1.82) is 0 Å². The summed E-state index contributed by atoms with van der Waals surface area (Å²) in [4.78, 5) is 12.9. The maximum atomic E-state index is 14.0. The summed E-state index contributed by atoms with van der Waals surface area (Å²) in [5.41, 5.74) is 2.22. The summed E-state index contributed by atoms with van der Waals surface area (Å²) in [6.07, 6.45) is 3.40. The van der Waals surface area contributed by atoms with E-state index in [0.29, 0.717) is 37.7 Å². The Bertz CT molecular complexity index is 963. The smallest absolute Gasteiger partial charge is 0.174 e. The lowest BCUT2D eigenvalue weighted by Crippen LogP contribution is -2.47. The molecule has 6 nitrogen and oxygen atoms in total. The van der Waals surface area contributed by atoms with E-state index in [9.17, 15) is 8.78 Å². The topological polar surface area (TPSA) is 50.1 Å². The molecule has 0 saturated carbocycles. The molecule has 1 aromatic carbocycles. The molecule has 27 heavy (non-hydrogen) atoms. The molecule has 4 rings (SSSR count). The minimum Gasteiger partial charge on any atom is -0.366 e. The number of halogens is 2. The molecule has 1 aliphatic rings. The van der Waals surface area contributed by atoms with Crippen molar-refractivity contribution in [1.82, 2.24) is 19.7 Å². The van der Waals surface area contributed by atoms with Crippen LogP contribution < -0.4 is 9.80 Å². The highest BCUT2D eigenvalue weighted by Crippen LogP contribution is 2.23. The molecule has 2 aromatic heterocycles. The van der Waals surface area contributed by atoms with Gasteiger partial charge in [-0.25, -0.2) is 18.4 Å². The van der Waals surface area contributed by atoms with Gasteiger partial charge in [0, 0.05) is 37.9 Å². The summed E-state index contributed by atoms with van der Waals surface area (Å²) in [5.74, 6) is 0.574. The molecular formula is C19H20F2N6. The second-order valence-corrected chi connectivity index (χ2v) is 6.64. The van der Waals surface area contributed by atoms with Gasteiger partial charge in [0.25, 0.3) is 0 Å². The van der Waals surface area contributed by atoms with Gasteiger partial charge in [0.15, 0.2) is 5.82 Å². The molecule has 140 valence electrons. The van der Waals surface area contributed by atoms with E-state index < -0.39 is 11.6 Å². The predicted molar refractivity (Wildman–Crippen MR) is 99.4 cm³/mol. The van der Waals surface area contributed by atoms with E-state index in [1.165, 1.54) is 12.1 Å². The number of aryl methyl sites for hydroxylation is 2. The lowest BCUT2D eigenvalue weighted by Gasteiger charge is -2.36. The third-order valence-corrected chi connectivity index (χ3v) is 4.69. The summed E-state index contributed by atoms with van der Waals surface area (Å²) >= 11 is 0. The van der Waals surface area contributed by atoms with Gasteiger partial charge in [0.2, 0.25) is 0 Å². The van der Waals surface area contributed by atoms with Crippen molar-refractivity contribution in [3.8, 4) is 5.82 Å². The van der Waals surface area contributed by atoms with Gasteiger partial charge in [0.1, 0.15) is 17.5 Å². The van der Waals surface area contributed by atoms with E-state index >= 15 is 0 Å². The van der Waals surface area contributed by atoms with Crippen molar-refractivity contribution in [3.05, 3.63) is 59.7 Å². The zero-order valence-electron chi connectivity index (χ0n) is 15.2. The maximum Gasteiger partial charge on any atom is 0.174 e. The second-order valence-electron chi connectivity index (χ2n) is 6.64. The molecule has 8 heteroatoms. The van der Waals surface area contributed by atoms with Crippen molar-refractivity contribution in [2.75, 3.05) is 36.0 Å². The maximum absolute atomic E-state index is 14.0. The molecule has 0 aliphatic carbocycles. The van der Waals surface area contributed by atoms with E-state index in [-0.39, 0.29) is 0 Å². The van der Waals surface area contributed by atoms with Crippen molar-refractivity contribution in [2.24, 2.45) is 0 Å². The van der Waals surface area contributed by atoms with Crippen LogP contribution in [0.3, 0.4) is 0 Å². The quantitative estimate of drug-likeness (QED) is 0.710. The van der Waals surface area contributed by atoms with E-state index in [0.717, 1.165) is 23.3 Å². The highest BCUT2D eigenvalue weighted by Gasteiger charge is 2.21. The lowest BCUT2D eigenvalue weighted by molar-refractivity contribution is 0.579. The van der Waals surface area contributed by atoms with Crippen LogP contribution in [0.15, 0.2) is 36.7 Å². The molecule has 0 unspecified atom stereocenters. The van der Waals surface area contributed by atoms with Gasteiger partial charge in [-0.15, -0.1) is 0 Å². The predicted octanol–water partition coefficient (Wildman–Crippen LogP) is 2.88. The number of benzene rings is 1. The molecular weight excluding hydrogens is 350 g/mol. The number of anilines is 2. The Labute approximate surface area is 156 Å². The van der Waals surface area contributed by atoms with Crippen LogP contribution in [0, 0.1) is 25.5 Å². The molecule has 0 N–H and O–H groups in total. The van der Waals surface area contributed by atoms with Gasteiger partial charge >= 0.3 is 0 Å². The molecule has 1 aliphatic heterocycles. The zero-order chi connectivity index (χ0) is 19.0. The first-order valence-electron chi connectivity index (χ1n) is 8.82. The molecule has 1 saturated heterocycles. The number of hydrogen-bond acceptors (Lipinski definition) is 5. The number of rotatable bonds is 3. The monoisotopic (exact) mass is 370 g/mol. The van der Waals surface area contributed by atoms with Gasteiger partial charge in [-0.05, 0) is 32.0 Å². The van der Waals surface area contributed by atoms with Crippen LogP contribution in [0.4, 0.5) is 20.3 Å². The van der Waals surface area contributed by atoms with Gasteiger partial charge < -0.3 is 9.80 Å². The number of aromatic nitrogens is 4. The summed E-state index contributed by atoms with van der Waals surface area (Å²) in [5, 5.41) is 4.45. The molecule has 3 aromatic rings. The second kappa shape index (κ2) is 6.94. The van der Waals surface area contributed by atoms with E-state index in [1.54, 1.807) is 17.1 Å². The summed E-state index contributed by atoms with van der Waals surface area (Å²) < 4.78 is 29.2. The third-order valence-electron chi connectivity index (χ3n) is 4.69. The SMILES string of the molecule is Cc1cc(C)n(-c2cncc(N3CCN(c4cc(F)ccc4F)CC3)n2)n1. The molecule has 0 radical (unpaired) electrons. The fourth-order valence-corrected chi connectivity index (χ4v) is 3.37. The van der Waals surface area contributed by atoms with Crippen LogP contribution in [-0.4, -0.2) is 45.9 Å². The summed E-state index contributed by atoms with van der Waals surface area (Å²) in [6, 6.07) is 5.53. The Kier molecular flexibility index (Phi) is 4.47. The van der Waals surface area contributed by atoms with Gasteiger partial charge in [-0.3, -0.25) is 4.98 Å². The van der Waals surface area contributed by atoms with Crippen LogP contribution in [0.2, 0.25) is 0 Å². The molecule has 3 heterocycles. The fourth-order valence-electron chi connectivity index (χ4n) is 3.37. The Balaban J connectivity index is 1.51. The van der Waals surface area contributed by atoms with Crippen molar-refractivity contribution in [2.45, 2.75) is 13.8 Å². The first-order valence-corrected chi connectivity index (χ1v) is 8.82. The first kappa shape index (κ1) is 17.4. The molecule has 0 bridgehead atoms. The van der Waals surface area contributed by atoms with Crippen LogP contribution in [0.1, 0.15) is 11.4 Å². The first-order chi connectivity index (χ1) is 13.0. The number of nitrogens with zero attached hydrogens (tertiary/aromatic N) is 6. The minimum absolute atomic E-state index is 0.303. The Hall–Kier alpha value is -3.03. The number of piperazine rings is 1. The highest BCUT2D eigenvalue weighted by molar-refractivity contribution is 5.50. The van der Waals surface area contributed by atoms with Crippen molar-refractivity contribution in [3.63, 3.8) is 0 Å². The minimum atomic E-state index is -0.433. The van der Waals surface area contributed by atoms with Crippen LogP contribution >= 0.6 is 0 Å². The van der Waals surface area contributed by atoms with E-state index in [2.05, 4.69) is 20.0 Å². The Morgan fingerprint density at radius 2 is 1.59 bits per heavy atom. The van der Waals surface area contributed by atoms with Gasteiger partial charge in [-0.1, -0.05) is 0 Å². The Morgan fingerprint density at radius 1 is 0.889 bits per heavy atom. The number of hydrogen-bond donors (Lipinski definition) is 0. The average molecular weight is 370 g/mol. The van der Waals surface area contributed by atoms with Crippen LogP contribution in [0.5, 0.6) is 0 Å². The van der Waals surface area contributed by atoms with E-state index in [4.69, 9.17) is 0 Å². The van der Waals surface area contributed by atoms with Crippen LogP contribution in [-0.2, 0) is 0 Å². The normalized spacial score (nSPS) is 14.7. The lowest BCUT2D eigenvalue weighted by atomic mass is 10.2. The third kappa shape index (κ3) is 3.47. The van der Waals surface area contributed by atoms with Crippen molar-refractivity contribution >= 4 is 11.5 Å². The molecule has 0 spiro atoms. The van der Waals surface area contributed by atoms with Crippen LogP contribution in [0.25, 0.3) is 5.82 Å².